The predicted octanol–water partition coefficient (Wildman–Crippen LogP) is 6.17. The Morgan fingerprint density at radius 1 is 1.00 bits per heavy atom. The van der Waals surface area contributed by atoms with E-state index in [-0.39, 0.29) is 0 Å². The maximum atomic E-state index is 4.30. The molecular weight excluding hydrogens is 278 g/mol. The van der Waals surface area contributed by atoms with Crippen molar-refractivity contribution < 1.29 is 0 Å². The van der Waals surface area contributed by atoms with Crippen molar-refractivity contribution in [3.05, 3.63) is 90.7 Å². The molecule has 0 unspecified atom stereocenters. The lowest BCUT2D eigenvalue weighted by molar-refractivity contribution is 1.09. The van der Waals surface area contributed by atoms with Gasteiger partial charge in [0.05, 0.1) is 5.52 Å². The summed E-state index contributed by atoms with van der Waals surface area (Å²) in [6, 6.07) is 18.8. The Balaban J connectivity index is 2.12. The van der Waals surface area contributed by atoms with Crippen molar-refractivity contribution in [2.45, 2.75) is 13.8 Å². The van der Waals surface area contributed by atoms with Gasteiger partial charge in [-0.3, -0.25) is 0 Å². The number of rotatable bonds is 4. The third kappa shape index (κ3) is 2.66. The van der Waals surface area contributed by atoms with Crippen LogP contribution >= 0.6 is 0 Å². The smallest absolute Gasteiger partial charge is 0.0537 e. The van der Waals surface area contributed by atoms with Gasteiger partial charge in [-0.05, 0) is 37.1 Å². The van der Waals surface area contributed by atoms with Crippen molar-refractivity contribution in [1.82, 2.24) is 4.57 Å². The fourth-order valence-electron chi connectivity index (χ4n) is 3.12. The number of aromatic nitrogens is 1. The zero-order chi connectivity index (χ0) is 16.4. The van der Waals surface area contributed by atoms with Crippen LogP contribution in [0.1, 0.15) is 23.7 Å². The normalized spacial score (nSPS) is 11.7. The first-order valence-corrected chi connectivity index (χ1v) is 7.79. The summed E-state index contributed by atoms with van der Waals surface area (Å²) in [6.45, 7) is 12.5. The molecule has 0 saturated heterocycles. The molecule has 1 heterocycles. The largest absolute Gasteiger partial charge is 0.314 e. The van der Waals surface area contributed by atoms with Crippen LogP contribution in [0.5, 0.6) is 0 Å². The van der Waals surface area contributed by atoms with Crippen LogP contribution in [-0.4, -0.2) is 4.57 Å². The van der Waals surface area contributed by atoms with Crippen LogP contribution in [0.4, 0.5) is 0 Å². The van der Waals surface area contributed by atoms with Crippen molar-refractivity contribution in [2.24, 2.45) is 0 Å². The Labute approximate surface area is 137 Å². The Morgan fingerprint density at radius 3 is 2.35 bits per heavy atom. The summed E-state index contributed by atoms with van der Waals surface area (Å²) in [5.74, 6) is 0. The molecule has 3 rings (SSSR count). The molecule has 114 valence electrons. The summed E-state index contributed by atoms with van der Waals surface area (Å²) in [4.78, 5) is 0. The average Bonchev–Trinajstić information content (AvgIpc) is 2.86. The van der Waals surface area contributed by atoms with E-state index in [1.54, 1.807) is 0 Å². The molecule has 0 amide bonds. The molecule has 0 saturated carbocycles. The Bertz CT molecular complexity index is 908. The zero-order valence-electron chi connectivity index (χ0n) is 13.7. The first kappa shape index (κ1) is 15.1. The van der Waals surface area contributed by atoms with E-state index in [0.29, 0.717) is 0 Å². The van der Waals surface area contributed by atoms with E-state index < -0.39 is 0 Å². The number of hydrogen-bond acceptors (Lipinski definition) is 0. The summed E-state index contributed by atoms with van der Waals surface area (Å²) < 4.78 is 2.21. The van der Waals surface area contributed by atoms with Gasteiger partial charge in [-0.2, -0.15) is 0 Å². The molecule has 0 aliphatic carbocycles. The molecule has 0 aliphatic rings. The number of fused-ring (bicyclic) bond motifs is 1. The average molecular weight is 299 g/mol. The third-order valence-electron chi connectivity index (χ3n) is 4.26. The first-order valence-electron chi connectivity index (χ1n) is 7.79. The maximum Gasteiger partial charge on any atom is 0.0537 e. The van der Waals surface area contributed by atoms with Crippen LogP contribution in [0, 0.1) is 6.92 Å². The molecular formula is C22H21N. The molecule has 1 nitrogen and oxygen atoms in total. The van der Waals surface area contributed by atoms with Crippen molar-refractivity contribution in [2.75, 3.05) is 0 Å². The molecule has 0 atom stereocenters. The summed E-state index contributed by atoms with van der Waals surface area (Å²) in [6.07, 6.45) is 4.07. The number of allylic oxidation sites excluding steroid dienone is 3. The summed E-state index contributed by atoms with van der Waals surface area (Å²) >= 11 is 0. The van der Waals surface area contributed by atoms with Crippen LogP contribution in [0.15, 0.2) is 73.8 Å². The minimum atomic E-state index is 0.966. The van der Waals surface area contributed by atoms with E-state index in [9.17, 15) is 0 Å². The van der Waals surface area contributed by atoms with Gasteiger partial charge >= 0.3 is 0 Å². The monoisotopic (exact) mass is 299 g/mol. The topological polar surface area (TPSA) is 4.93 Å². The second kappa shape index (κ2) is 6.13. The summed E-state index contributed by atoms with van der Waals surface area (Å²) in [7, 11) is 0. The number of nitrogens with zero attached hydrogens (tertiary/aromatic N) is 1. The summed E-state index contributed by atoms with van der Waals surface area (Å²) in [5, 5.41) is 1.21. The lowest BCUT2D eigenvalue weighted by atomic mass is 10.1. The molecule has 1 aromatic heterocycles. The van der Waals surface area contributed by atoms with Crippen LogP contribution < -0.4 is 0 Å². The molecule has 0 bridgehead atoms. The SMILES string of the molecule is C=Cc1c(C)n(C(=C)C=C(C)c2ccccc2)c2ccccc12. The highest BCUT2D eigenvalue weighted by Crippen LogP contribution is 2.30. The summed E-state index contributed by atoms with van der Waals surface area (Å²) in [5.41, 5.74) is 6.89. The van der Waals surface area contributed by atoms with E-state index in [0.717, 1.165) is 5.70 Å². The van der Waals surface area contributed by atoms with Gasteiger partial charge < -0.3 is 4.57 Å². The number of benzene rings is 2. The standard InChI is InChI=1S/C22H21N/c1-5-20-18(4)23(22-14-10-9-13-21(20)22)17(3)15-16(2)19-11-7-6-8-12-19/h5-15H,1,3H2,2,4H3. The van der Waals surface area contributed by atoms with Gasteiger partial charge in [0.15, 0.2) is 0 Å². The van der Waals surface area contributed by atoms with E-state index in [2.05, 4.69) is 86.2 Å². The predicted molar refractivity (Wildman–Crippen MR) is 102 cm³/mol. The van der Waals surface area contributed by atoms with Gasteiger partial charge in [-0.15, -0.1) is 0 Å². The second-order valence-corrected chi connectivity index (χ2v) is 5.74. The van der Waals surface area contributed by atoms with Crippen LogP contribution in [0.2, 0.25) is 0 Å². The Morgan fingerprint density at radius 2 is 1.65 bits per heavy atom. The fraction of sp³-hybridized carbons (Fsp3) is 0.0909. The Kier molecular flexibility index (Phi) is 4.03. The van der Waals surface area contributed by atoms with Crippen LogP contribution in [0.3, 0.4) is 0 Å². The molecule has 0 fully saturated rings. The molecule has 0 spiro atoms. The number of hydrogen-bond donors (Lipinski definition) is 0. The van der Waals surface area contributed by atoms with E-state index >= 15 is 0 Å². The third-order valence-corrected chi connectivity index (χ3v) is 4.26. The lowest BCUT2D eigenvalue weighted by Crippen LogP contribution is -1.97. The molecule has 1 heteroatoms. The maximum absolute atomic E-state index is 4.30. The van der Waals surface area contributed by atoms with Gasteiger partial charge in [0.2, 0.25) is 0 Å². The van der Waals surface area contributed by atoms with Crippen molar-refractivity contribution in [3.8, 4) is 0 Å². The highest BCUT2D eigenvalue weighted by atomic mass is 15.0. The molecule has 23 heavy (non-hydrogen) atoms. The molecule has 2 aromatic carbocycles. The van der Waals surface area contributed by atoms with E-state index in [4.69, 9.17) is 0 Å². The van der Waals surface area contributed by atoms with Crippen LogP contribution in [0.25, 0.3) is 28.2 Å². The highest BCUT2D eigenvalue weighted by molar-refractivity contribution is 5.94. The van der Waals surface area contributed by atoms with Gasteiger partial charge in [0.25, 0.3) is 0 Å². The molecule has 0 N–H and O–H groups in total. The second-order valence-electron chi connectivity index (χ2n) is 5.74. The first-order chi connectivity index (χ1) is 11.1. The van der Waals surface area contributed by atoms with Gasteiger partial charge in [-0.1, -0.05) is 67.8 Å². The van der Waals surface area contributed by atoms with Gasteiger partial charge in [-0.25, -0.2) is 0 Å². The minimum Gasteiger partial charge on any atom is -0.314 e. The van der Waals surface area contributed by atoms with Gasteiger partial charge in [0.1, 0.15) is 0 Å². The van der Waals surface area contributed by atoms with E-state index in [1.807, 2.05) is 12.1 Å². The fourth-order valence-corrected chi connectivity index (χ4v) is 3.12. The van der Waals surface area contributed by atoms with Crippen molar-refractivity contribution >= 4 is 28.2 Å². The van der Waals surface area contributed by atoms with Crippen molar-refractivity contribution in [3.63, 3.8) is 0 Å². The highest BCUT2D eigenvalue weighted by Gasteiger charge is 2.12. The number of para-hydroxylation sites is 1. The quantitative estimate of drug-likeness (QED) is 0.508. The van der Waals surface area contributed by atoms with Crippen molar-refractivity contribution in [1.29, 1.82) is 0 Å². The Hall–Kier alpha value is -2.80. The zero-order valence-corrected chi connectivity index (χ0v) is 13.7. The molecule has 0 aliphatic heterocycles. The molecule has 0 radical (unpaired) electrons. The molecule has 3 aromatic rings. The van der Waals surface area contributed by atoms with E-state index in [1.165, 1.54) is 33.3 Å². The minimum absolute atomic E-state index is 0.966. The van der Waals surface area contributed by atoms with Crippen LogP contribution in [-0.2, 0) is 0 Å². The lowest BCUT2D eigenvalue weighted by Gasteiger charge is -2.10. The van der Waals surface area contributed by atoms with Gasteiger partial charge in [0, 0.05) is 22.3 Å².